The third kappa shape index (κ3) is 6.57. The van der Waals surface area contributed by atoms with Gasteiger partial charge in [-0.2, -0.15) is 0 Å². The van der Waals surface area contributed by atoms with Crippen molar-refractivity contribution in [3.05, 3.63) is 0 Å². The van der Waals surface area contributed by atoms with E-state index in [-0.39, 0.29) is 12.4 Å². The monoisotopic (exact) mass is 277 g/mol. The van der Waals surface area contributed by atoms with Crippen molar-refractivity contribution in [3.63, 3.8) is 0 Å². The summed E-state index contributed by atoms with van der Waals surface area (Å²) in [6.07, 6.45) is 3.25. The van der Waals surface area contributed by atoms with E-state index in [0.29, 0.717) is 12.5 Å². The molecular formula is C13H28ClN3O. The topological polar surface area (TPSA) is 35.6 Å². The number of carbonyl (C=O) groups is 1. The van der Waals surface area contributed by atoms with E-state index in [1.165, 1.54) is 0 Å². The SMILES string of the molecule is CCCN(CCC)C(=O)CN1CCCNCC1.Cl. The number of hydrogen-bond acceptors (Lipinski definition) is 3. The molecule has 0 aromatic heterocycles. The highest BCUT2D eigenvalue weighted by molar-refractivity contribution is 5.85. The van der Waals surface area contributed by atoms with Crippen molar-refractivity contribution in [2.24, 2.45) is 0 Å². The van der Waals surface area contributed by atoms with Gasteiger partial charge in [0, 0.05) is 26.2 Å². The van der Waals surface area contributed by atoms with Gasteiger partial charge in [0.05, 0.1) is 6.54 Å². The lowest BCUT2D eigenvalue weighted by Gasteiger charge is -2.26. The van der Waals surface area contributed by atoms with Crippen molar-refractivity contribution in [1.82, 2.24) is 15.1 Å². The van der Waals surface area contributed by atoms with Gasteiger partial charge in [-0.1, -0.05) is 13.8 Å². The third-order valence-electron chi connectivity index (χ3n) is 3.13. The molecule has 4 nitrogen and oxygen atoms in total. The maximum Gasteiger partial charge on any atom is 0.236 e. The van der Waals surface area contributed by atoms with Crippen molar-refractivity contribution in [1.29, 1.82) is 0 Å². The first kappa shape index (κ1) is 17.7. The molecule has 1 amide bonds. The molecule has 0 spiro atoms. The summed E-state index contributed by atoms with van der Waals surface area (Å²) in [7, 11) is 0. The van der Waals surface area contributed by atoms with Gasteiger partial charge in [0.2, 0.25) is 5.91 Å². The standard InChI is InChI=1S/C13H27N3O.ClH/c1-3-8-16(9-4-2)13(17)12-15-10-5-6-14-7-11-15;/h14H,3-12H2,1-2H3;1H. The van der Waals surface area contributed by atoms with Crippen LogP contribution in [0, 0.1) is 0 Å². The average molecular weight is 278 g/mol. The van der Waals surface area contributed by atoms with E-state index in [1.54, 1.807) is 0 Å². The Morgan fingerprint density at radius 1 is 1.17 bits per heavy atom. The average Bonchev–Trinajstić information content (AvgIpc) is 2.57. The van der Waals surface area contributed by atoms with Crippen molar-refractivity contribution in [2.75, 3.05) is 45.8 Å². The van der Waals surface area contributed by atoms with Crippen LogP contribution in [0.25, 0.3) is 0 Å². The van der Waals surface area contributed by atoms with E-state index in [9.17, 15) is 4.79 Å². The molecule has 1 heterocycles. The molecule has 0 aromatic carbocycles. The Morgan fingerprint density at radius 2 is 1.83 bits per heavy atom. The molecule has 0 unspecified atom stereocenters. The maximum atomic E-state index is 12.2. The number of nitrogens with one attached hydrogen (secondary N) is 1. The molecule has 1 aliphatic rings. The number of halogens is 1. The molecule has 1 aliphatic heterocycles. The highest BCUT2D eigenvalue weighted by atomic mass is 35.5. The Labute approximate surface area is 117 Å². The van der Waals surface area contributed by atoms with E-state index in [0.717, 1.165) is 58.5 Å². The molecule has 1 fully saturated rings. The Balaban J connectivity index is 0.00000289. The van der Waals surface area contributed by atoms with E-state index < -0.39 is 0 Å². The first-order chi connectivity index (χ1) is 8.27. The summed E-state index contributed by atoms with van der Waals surface area (Å²) in [5.41, 5.74) is 0. The van der Waals surface area contributed by atoms with Gasteiger partial charge in [-0.25, -0.2) is 0 Å². The van der Waals surface area contributed by atoms with E-state index in [1.807, 2.05) is 4.90 Å². The normalized spacial score (nSPS) is 16.8. The highest BCUT2D eigenvalue weighted by Gasteiger charge is 2.16. The van der Waals surface area contributed by atoms with Crippen LogP contribution in [0.1, 0.15) is 33.1 Å². The summed E-state index contributed by atoms with van der Waals surface area (Å²) in [6, 6.07) is 0. The number of carbonyl (C=O) groups excluding carboxylic acids is 1. The Bertz CT molecular complexity index is 212. The van der Waals surface area contributed by atoms with Crippen LogP contribution in [0.15, 0.2) is 0 Å². The van der Waals surface area contributed by atoms with Gasteiger partial charge in [-0.15, -0.1) is 12.4 Å². The lowest BCUT2D eigenvalue weighted by Crippen LogP contribution is -2.42. The second kappa shape index (κ2) is 10.6. The first-order valence-corrected chi connectivity index (χ1v) is 6.98. The van der Waals surface area contributed by atoms with Gasteiger partial charge in [0.25, 0.3) is 0 Å². The summed E-state index contributed by atoms with van der Waals surface area (Å²) in [5.74, 6) is 0.301. The minimum absolute atomic E-state index is 0. The smallest absolute Gasteiger partial charge is 0.236 e. The summed E-state index contributed by atoms with van der Waals surface area (Å²) >= 11 is 0. The predicted molar refractivity (Wildman–Crippen MR) is 78.3 cm³/mol. The number of amides is 1. The minimum atomic E-state index is 0. The largest absolute Gasteiger partial charge is 0.342 e. The Kier molecular flexibility index (Phi) is 10.4. The van der Waals surface area contributed by atoms with Crippen LogP contribution in [-0.4, -0.2) is 61.5 Å². The molecule has 0 bridgehead atoms. The van der Waals surface area contributed by atoms with Crippen molar-refractivity contribution in [2.45, 2.75) is 33.1 Å². The fourth-order valence-corrected chi connectivity index (χ4v) is 2.25. The highest BCUT2D eigenvalue weighted by Crippen LogP contribution is 2.00. The van der Waals surface area contributed by atoms with Crippen LogP contribution in [0.5, 0.6) is 0 Å². The summed E-state index contributed by atoms with van der Waals surface area (Å²) in [6.45, 7) is 10.8. The second-order valence-electron chi connectivity index (χ2n) is 4.76. The molecule has 0 radical (unpaired) electrons. The number of nitrogens with zero attached hydrogens (tertiary/aromatic N) is 2. The lowest BCUT2D eigenvalue weighted by molar-refractivity contribution is -0.132. The molecule has 1 N–H and O–H groups in total. The van der Waals surface area contributed by atoms with E-state index in [2.05, 4.69) is 24.1 Å². The molecule has 1 rings (SSSR count). The van der Waals surface area contributed by atoms with Crippen LogP contribution in [-0.2, 0) is 4.79 Å². The van der Waals surface area contributed by atoms with Crippen molar-refractivity contribution >= 4 is 18.3 Å². The van der Waals surface area contributed by atoms with Crippen LogP contribution >= 0.6 is 12.4 Å². The molecule has 0 aromatic rings. The van der Waals surface area contributed by atoms with Gasteiger partial charge in [-0.3, -0.25) is 9.69 Å². The summed E-state index contributed by atoms with van der Waals surface area (Å²) in [5, 5.41) is 3.36. The molecule has 0 atom stereocenters. The van der Waals surface area contributed by atoms with Crippen molar-refractivity contribution in [3.8, 4) is 0 Å². The summed E-state index contributed by atoms with van der Waals surface area (Å²) in [4.78, 5) is 16.5. The summed E-state index contributed by atoms with van der Waals surface area (Å²) < 4.78 is 0. The molecule has 0 saturated carbocycles. The van der Waals surface area contributed by atoms with Gasteiger partial charge in [-0.05, 0) is 32.4 Å². The van der Waals surface area contributed by atoms with Crippen LogP contribution < -0.4 is 5.32 Å². The number of hydrogen-bond donors (Lipinski definition) is 1. The van der Waals surface area contributed by atoms with Crippen molar-refractivity contribution < 1.29 is 4.79 Å². The molecule has 1 saturated heterocycles. The second-order valence-corrected chi connectivity index (χ2v) is 4.76. The quantitative estimate of drug-likeness (QED) is 0.796. The fraction of sp³-hybridized carbons (Fsp3) is 0.923. The lowest BCUT2D eigenvalue weighted by atomic mass is 10.3. The molecule has 18 heavy (non-hydrogen) atoms. The van der Waals surface area contributed by atoms with Crippen LogP contribution in [0.4, 0.5) is 0 Å². The first-order valence-electron chi connectivity index (χ1n) is 6.98. The zero-order valence-electron chi connectivity index (χ0n) is 11.8. The Morgan fingerprint density at radius 3 is 2.44 bits per heavy atom. The van der Waals surface area contributed by atoms with Gasteiger partial charge in [0.15, 0.2) is 0 Å². The van der Waals surface area contributed by atoms with E-state index in [4.69, 9.17) is 0 Å². The van der Waals surface area contributed by atoms with Gasteiger partial charge in [0.1, 0.15) is 0 Å². The third-order valence-corrected chi connectivity index (χ3v) is 3.13. The molecule has 0 aliphatic carbocycles. The van der Waals surface area contributed by atoms with E-state index >= 15 is 0 Å². The van der Waals surface area contributed by atoms with Gasteiger partial charge >= 0.3 is 0 Å². The van der Waals surface area contributed by atoms with Crippen LogP contribution in [0.3, 0.4) is 0 Å². The minimum Gasteiger partial charge on any atom is -0.342 e. The molecular weight excluding hydrogens is 250 g/mol. The van der Waals surface area contributed by atoms with Crippen LogP contribution in [0.2, 0.25) is 0 Å². The maximum absolute atomic E-state index is 12.2. The molecule has 108 valence electrons. The zero-order chi connectivity index (χ0) is 12.5. The molecule has 5 heteroatoms. The fourth-order valence-electron chi connectivity index (χ4n) is 2.25. The number of rotatable bonds is 6. The van der Waals surface area contributed by atoms with Gasteiger partial charge < -0.3 is 10.2 Å². The Hall–Kier alpha value is -0.320. The zero-order valence-corrected chi connectivity index (χ0v) is 12.6. The predicted octanol–water partition coefficient (Wildman–Crippen LogP) is 1.35.